The van der Waals surface area contributed by atoms with Gasteiger partial charge in [-0.3, -0.25) is 0 Å². The standard InChI is InChI=1S/C18H24N4O3/c1-12-8-9-22(15(12)11-23)18(24)19-10-13(2)17-20-16(21-25-17)14-6-4-3-5-7-14/h3-7,12-13,15,23H,8-11H2,1-2H3,(H,19,24)/t12-,13-,15+/m1/s1. The molecule has 1 aromatic carbocycles. The molecule has 1 aromatic heterocycles. The summed E-state index contributed by atoms with van der Waals surface area (Å²) in [6, 6.07) is 9.35. The molecule has 0 spiro atoms. The summed E-state index contributed by atoms with van der Waals surface area (Å²) in [6.45, 7) is 5.05. The van der Waals surface area contributed by atoms with Crippen LogP contribution in [0.1, 0.15) is 32.1 Å². The maximum atomic E-state index is 12.4. The summed E-state index contributed by atoms with van der Waals surface area (Å²) in [4.78, 5) is 18.5. The van der Waals surface area contributed by atoms with Crippen LogP contribution in [0.5, 0.6) is 0 Å². The lowest BCUT2D eigenvalue weighted by Gasteiger charge is -2.25. The van der Waals surface area contributed by atoms with Crippen LogP contribution in [-0.4, -0.2) is 51.9 Å². The van der Waals surface area contributed by atoms with Gasteiger partial charge in [-0.2, -0.15) is 4.98 Å². The molecule has 2 amide bonds. The van der Waals surface area contributed by atoms with Gasteiger partial charge in [0.25, 0.3) is 0 Å². The van der Waals surface area contributed by atoms with E-state index in [1.54, 1.807) is 4.90 Å². The maximum absolute atomic E-state index is 12.4. The van der Waals surface area contributed by atoms with E-state index in [1.807, 2.05) is 37.3 Å². The highest BCUT2D eigenvalue weighted by atomic mass is 16.5. The minimum absolute atomic E-state index is 0.00572. The molecule has 0 bridgehead atoms. The molecule has 2 N–H and O–H groups in total. The Morgan fingerprint density at radius 2 is 2.20 bits per heavy atom. The molecule has 1 aliphatic rings. The third-order valence-electron chi connectivity index (χ3n) is 4.79. The molecule has 0 radical (unpaired) electrons. The first-order valence-corrected chi connectivity index (χ1v) is 8.64. The number of amides is 2. The van der Waals surface area contributed by atoms with Gasteiger partial charge in [0.05, 0.1) is 18.6 Å². The van der Waals surface area contributed by atoms with Gasteiger partial charge in [-0.1, -0.05) is 49.3 Å². The Balaban J connectivity index is 1.57. The van der Waals surface area contributed by atoms with E-state index in [-0.39, 0.29) is 24.6 Å². The number of aliphatic hydroxyl groups excluding tert-OH is 1. The van der Waals surface area contributed by atoms with Crippen LogP contribution in [0.15, 0.2) is 34.9 Å². The lowest BCUT2D eigenvalue weighted by Crippen LogP contribution is -2.46. The first kappa shape index (κ1) is 17.4. The van der Waals surface area contributed by atoms with E-state index in [0.717, 1.165) is 12.0 Å². The molecule has 0 unspecified atom stereocenters. The second-order valence-corrected chi connectivity index (χ2v) is 6.62. The second-order valence-electron chi connectivity index (χ2n) is 6.62. The number of nitrogens with one attached hydrogen (secondary N) is 1. The number of nitrogens with zero attached hydrogens (tertiary/aromatic N) is 3. The van der Waals surface area contributed by atoms with Crippen molar-refractivity contribution in [3.05, 3.63) is 36.2 Å². The molecule has 134 valence electrons. The fraction of sp³-hybridized carbons (Fsp3) is 0.500. The number of hydrogen-bond donors (Lipinski definition) is 2. The molecule has 25 heavy (non-hydrogen) atoms. The SMILES string of the molecule is C[C@H](CNC(=O)N1CC[C@@H](C)[C@@H]1CO)c1nc(-c2ccccc2)no1. The van der Waals surface area contributed by atoms with Crippen LogP contribution < -0.4 is 5.32 Å². The van der Waals surface area contributed by atoms with Crippen LogP contribution in [0.3, 0.4) is 0 Å². The van der Waals surface area contributed by atoms with Crippen molar-refractivity contribution in [2.45, 2.75) is 32.2 Å². The number of hydrogen-bond acceptors (Lipinski definition) is 5. The molecule has 1 fully saturated rings. The topological polar surface area (TPSA) is 91.5 Å². The van der Waals surface area contributed by atoms with Crippen LogP contribution in [0.25, 0.3) is 11.4 Å². The first-order chi connectivity index (χ1) is 12.1. The van der Waals surface area contributed by atoms with Crippen molar-refractivity contribution in [1.82, 2.24) is 20.4 Å². The van der Waals surface area contributed by atoms with Crippen molar-refractivity contribution in [1.29, 1.82) is 0 Å². The van der Waals surface area contributed by atoms with E-state index >= 15 is 0 Å². The van der Waals surface area contributed by atoms with Crippen molar-refractivity contribution < 1.29 is 14.4 Å². The molecule has 2 aromatic rings. The van der Waals surface area contributed by atoms with Crippen molar-refractivity contribution in [3.8, 4) is 11.4 Å². The minimum Gasteiger partial charge on any atom is -0.394 e. The molecule has 0 saturated carbocycles. The van der Waals surface area contributed by atoms with Crippen LogP contribution >= 0.6 is 0 Å². The van der Waals surface area contributed by atoms with Crippen molar-refractivity contribution >= 4 is 6.03 Å². The molecule has 3 rings (SSSR count). The van der Waals surface area contributed by atoms with E-state index in [4.69, 9.17) is 4.52 Å². The fourth-order valence-electron chi connectivity index (χ4n) is 3.11. The van der Waals surface area contributed by atoms with E-state index in [9.17, 15) is 9.90 Å². The highest BCUT2D eigenvalue weighted by Crippen LogP contribution is 2.24. The molecule has 1 aliphatic heterocycles. The average molecular weight is 344 g/mol. The number of urea groups is 1. The number of rotatable bonds is 5. The van der Waals surface area contributed by atoms with Crippen LogP contribution in [0.4, 0.5) is 4.79 Å². The van der Waals surface area contributed by atoms with E-state index in [2.05, 4.69) is 22.4 Å². The summed E-state index contributed by atoms with van der Waals surface area (Å²) in [5, 5.41) is 16.4. The monoisotopic (exact) mass is 344 g/mol. The van der Waals surface area contributed by atoms with E-state index in [1.165, 1.54) is 0 Å². The largest absolute Gasteiger partial charge is 0.394 e. The molecule has 1 saturated heterocycles. The second kappa shape index (κ2) is 7.65. The van der Waals surface area contributed by atoms with Gasteiger partial charge in [-0.25, -0.2) is 4.79 Å². The molecular weight excluding hydrogens is 320 g/mol. The summed E-state index contributed by atoms with van der Waals surface area (Å²) >= 11 is 0. The molecule has 7 nitrogen and oxygen atoms in total. The first-order valence-electron chi connectivity index (χ1n) is 8.64. The Labute approximate surface area is 147 Å². The Morgan fingerprint density at radius 1 is 1.44 bits per heavy atom. The van der Waals surface area contributed by atoms with Crippen molar-refractivity contribution in [3.63, 3.8) is 0 Å². The predicted molar refractivity (Wildman–Crippen MR) is 92.9 cm³/mol. The van der Waals surface area contributed by atoms with Gasteiger partial charge in [0.15, 0.2) is 0 Å². The van der Waals surface area contributed by atoms with Gasteiger partial charge >= 0.3 is 6.03 Å². The minimum atomic E-state index is -0.155. The van der Waals surface area contributed by atoms with Gasteiger partial charge < -0.3 is 19.8 Å². The number of carbonyl (C=O) groups excluding carboxylic acids is 1. The highest BCUT2D eigenvalue weighted by Gasteiger charge is 2.33. The number of likely N-dealkylation sites (tertiary alicyclic amines) is 1. The number of carbonyl (C=O) groups is 1. The number of benzene rings is 1. The lowest BCUT2D eigenvalue weighted by molar-refractivity contribution is 0.143. The average Bonchev–Trinajstić information content (AvgIpc) is 3.27. The molecule has 7 heteroatoms. The summed E-state index contributed by atoms with van der Waals surface area (Å²) in [5.41, 5.74) is 0.894. The summed E-state index contributed by atoms with van der Waals surface area (Å²) in [7, 11) is 0. The van der Waals surface area contributed by atoms with Gasteiger partial charge in [0.2, 0.25) is 11.7 Å². The molecule has 3 atom stereocenters. The van der Waals surface area contributed by atoms with Crippen LogP contribution in [0, 0.1) is 5.92 Å². The zero-order valence-corrected chi connectivity index (χ0v) is 14.6. The summed E-state index contributed by atoms with van der Waals surface area (Å²) in [6.07, 6.45) is 0.915. The zero-order chi connectivity index (χ0) is 17.8. The smallest absolute Gasteiger partial charge is 0.317 e. The normalized spacial score (nSPS) is 21.3. The van der Waals surface area contributed by atoms with Crippen molar-refractivity contribution in [2.75, 3.05) is 19.7 Å². The fourth-order valence-corrected chi connectivity index (χ4v) is 3.11. The van der Waals surface area contributed by atoms with Gasteiger partial charge in [-0.15, -0.1) is 0 Å². The van der Waals surface area contributed by atoms with Crippen LogP contribution in [-0.2, 0) is 0 Å². The number of aromatic nitrogens is 2. The quantitative estimate of drug-likeness (QED) is 0.868. The lowest BCUT2D eigenvalue weighted by atomic mass is 10.0. The van der Waals surface area contributed by atoms with E-state index < -0.39 is 0 Å². The summed E-state index contributed by atoms with van der Waals surface area (Å²) in [5.74, 6) is 1.26. The maximum Gasteiger partial charge on any atom is 0.317 e. The zero-order valence-electron chi connectivity index (χ0n) is 14.6. The number of aliphatic hydroxyl groups is 1. The Kier molecular flexibility index (Phi) is 5.33. The molecule has 2 heterocycles. The third-order valence-corrected chi connectivity index (χ3v) is 4.79. The predicted octanol–water partition coefficient (Wildman–Crippen LogP) is 2.25. The van der Waals surface area contributed by atoms with Gasteiger partial charge in [0.1, 0.15) is 0 Å². The Hall–Kier alpha value is -2.41. The highest BCUT2D eigenvalue weighted by molar-refractivity contribution is 5.75. The summed E-state index contributed by atoms with van der Waals surface area (Å²) < 4.78 is 5.33. The Bertz CT molecular complexity index is 703. The molecular formula is C18H24N4O3. The molecule has 0 aliphatic carbocycles. The Morgan fingerprint density at radius 3 is 2.92 bits per heavy atom. The van der Waals surface area contributed by atoms with Crippen molar-refractivity contribution in [2.24, 2.45) is 5.92 Å². The van der Waals surface area contributed by atoms with Gasteiger partial charge in [0, 0.05) is 18.7 Å². The van der Waals surface area contributed by atoms with E-state index in [0.29, 0.717) is 30.7 Å². The van der Waals surface area contributed by atoms with Gasteiger partial charge in [-0.05, 0) is 12.3 Å². The van der Waals surface area contributed by atoms with Crippen LogP contribution in [0.2, 0.25) is 0 Å². The third kappa shape index (κ3) is 3.82.